The lowest BCUT2D eigenvalue weighted by Gasteiger charge is -2.33. The predicted octanol–water partition coefficient (Wildman–Crippen LogP) is 3.28. The van der Waals surface area contributed by atoms with E-state index in [1.807, 2.05) is 41.3 Å². The van der Waals surface area contributed by atoms with Gasteiger partial charge >= 0.3 is 0 Å². The molecule has 2 heterocycles. The van der Waals surface area contributed by atoms with Crippen molar-refractivity contribution >= 4 is 22.5 Å². The van der Waals surface area contributed by atoms with Gasteiger partial charge in [-0.25, -0.2) is 0 Å². The number of para-hydroxylation sites is 1. The lowest BCUT2D eigenvalue weighted by molar-refractivity contribution is 0.0715. The van der Waals surface area contributed by atoms with Crippen LogP contribution in [0.25, 0.3) is 10.9 Å². The molecular formula is C19H20N4O. The van der Waals surface area contributed by atoms with Crippen molar-refractivity contribution in [2.75, 3.05) is 18.4 Å². The molecule has 5 heteroatoms. The number of amides is 1. The minimum absolute atomic E-state index is 0.0951. The van der Waals surface area contributed by atoms with Crippen LogP contribution < -0.4 is 5.32 Å². The number of hydrogen-bond donors (Lipinski definition) is 2. The summed E-state index contributed by atoms with van der Waals surface area (Å²) in [5, 5.41) is 11.4. The molecule has 0 spiro atoms. The summed E-state index contributed by atoms with van der Waals surface area (Å²) in [5.41, 5.74) is 2.79. The molecule has 24 heavy (non-hydrogen) atoms. The summed E-state index contributed by atoms with van der Waals surface area (Å²) in [6.07, 6.45) is 3.85. The average molecular weight is 320 g/mol. The number of carbonyl (C=O) groups excluding carboxylic acids is 1. The first-order valence-corrected chi connectivity index (χ1v) is 8.33. The van der Waals surface area contributed by atoms with Gasteiger partial charge in [0.05, 0.1) is 11.7 Å². The monoisotopic (exact) mass is 320 g/mol. The standard InChI is InChI=1S/C19H20N4O/c24-19(14-8-9-18-15(11-14)12-20-22-18)23-10-4-7-17(13-23)21-16-5-2-1-3-6-16/h1-3,5-6,8-9,11-12,17,21H,4,7,10,13H2,(H,20,22). The predicted molar refractivity (Wildman–Crippen MR) is 95.1 cm³/mol. The maximum Gasteiger partial charge on any atom is 0.253 e. The number of fused-ring (bicyclic) bond motifs is 1. The summed E-state index contributed by atoms with van der Waals surface area (Å²) in [6, 6.07) is 16.2. The van der Waals surface area contributed by atoms with Crippen LogP contribution in [-0.4, -0.2) is 40.1 Å². The number of piperidine rings is 1. The first-order chi connectivity index (χ1) is 11.8. The third-order valence-corrected chi connectivity index (χ3v) is 4.54. The van der Waals surface area contributed by atoms with Crippen molar-refractivity contribution in [3.63, 3.8) is 0 Å². The third-order valence-electron chi connectivity index (χ3n) is 4.54. The molecule has 0 bridgehead atoms. The van der Waals surface area contributed by atoms with Gasteiger partial charge in [-0.1, -0.05) is 18.2 Å². The second-order valence-corrected chi connectivity index (χ2v) is 6.27. The topological polar surface area (TPSA) is 61.0 Å². The number of hydrogen-bond acceptors (Lipinski definition) is 3. The van der Waals surface area contributed by atoms with Gasteiger partial charge in [0.1, 0.15) is 0 Å². The van der Waals surface area contributed by atoms with E-state index in [4.69, 9.17) is 0 Å². The molecule has 3 aromatic rings. The zero-order valence-corrected chi connectivity index (χ0v) is 13.4. The first-order valence-electron chi connectivity index (χ1n) is 8.33. The zero-order valence-electron chi connectivity index (χ0n) is 13.4. The third kappa shape index (κ3) is 2.97. The van der Waals surface area contributed by atoms with Crippen LogP contribution in [0.5, 0.6) is 0 Å². The first kappa shape index (κ1) is 14.8. The molecule has 122 valence electrons. The highest BCUT2D eigenvalue weighted by atomic mass is 16.2. The van der Waals surface area contributed by atoms with E-state index in [1.165, 1.54) is 0 Å². The van der Waals surface area contributed by atoms with Crippen LogP contribution in [0.1, 0.15) is 23.2 Å². The number of carbonyl (C=O) groups is 1. The van der Waals surface area contributed by atoms with E-state index in [9.17, 15) is 4.79 Å². The lowest BCUT2D eigenvalue weighted by atomic mass is 10.0. The summed E-state index contributed by atoms with van der Waals surface area (Å²) in [7, 11) is 0. The van der Waals surface area contributed by atoms with E-state index >= 15 is 0 Å². The molecule has 2 aromatic carbocycles. The van der Waals surface area contributed by atoms with E-state index in [0.29, 0.717) is 6.04 Å². The van der Waals surface area contributed by atoms with Gasteiger partial charge in [0, 0.05) is 35.8 Å². The average Bonchev–Trinajstić information content (AvgIpc) is 3.10. The number of H-pyrrole nitrogens is 1. The highest BCUT2D eigenvalue weighted by molar-refractivity contribution is 5.98. The Labute approximate surface area is 140 Å². The number of aromatic nitrogens is 2. The van der Waals surface area contributed by atoms with Crippen LogP contribution in [0.4, 0.5) is 5.69 Å². The molecule has 0 saturated carbocycles. The van der Waals surface area contributed by atoms with Crippen LogP contribution in [0.3, 0.4) is 0 Å². The molecule has 1 aliphatic heterocycles. The van der Waals surface area contributed by atoms with Gasteiger partial charge in [-0.2, -0.15) is 5.10 Å². The summed E-state index contributed by atoms with van der Waals surface area (Å²) in [4.78, 5) is 14.8. The van der Waals surface area contributed by atoms with Crippen molar-refractivity contribution in [2.45, 2.75) is 18.9 Å². The number of anilines is 1. The molecule has 1 aromatic heterocycles. The summed E-state index contributed by atoms with van der Waals surface area (Å²) >= 11 is 0. The zero-order chi connectivity index (χ0) is 16.4. The Balaban J connectivity index is 1.47. The van der Waals surface area contributed by atoms with Crippen LogP contribution in [0.15, 0.2) is 54.7 Å². The molecule has 1 saturated heterocycles. The van der Waals surface area contributed by atoms with Crippen molar-refractivity contribution in [2.24, 2.45) is 0 Å². The van der Waals surface area contributed by atoms with Gasteiger partial charge in [-0.15, -0.1) is 0 Å². The Kier molecular flexibility index (Phi) is 3.91. The fourth-order valence-corrected chi connectivity index (χ4v) is 3.31. The molecule has 1 aliphatic rings. The van der Waals surface area contributed by atoms with Gasteiger partial charge in [-0.3, -0.25) is 9.89 Å². The SMILES string of the molecule is O=C(c1ccc2[nH]ncc2c1)N1CCCC(Nc2ccccc2)C1. The van der Waals surface area contributed by atoms with Gasteiger partial charge in [0.2, 0.25) is 0 Å². The fourth-order valence-electron chi connectivity index (χ4n) is 3.31. The van der Waals surface area contributed by atoms with E-state index < -0.39 is 0 Å². The van der Waals surface area contributed by atoms with Gasteiger partial charge in [0.15, 0.2) is 0 Å². The van der Waals surface area contributed by atoms with E-state index in [0.717, 1.165) is 48.1 Å². The van der Waals surface area contributed by atoms with E-state index in [1.54, 1.807) is 6.20 Å². The largest absolute Gasteiger partial charge is 0.381 e. The molecule has 1 unspecified atom stereocenters. The maximum atomic E-state index is 12.8. The van der Waals surface area contributed by atoms with Gasteiger partial charge in [-0.05, 0) is 43.2 Å². The van der Waals surface area contributed by atoms with Crippen molar-refractivity contribution in [1.29, 1.82) is 0 Å². The number of likely N-dealkylation sites (tertiary alicyclic amines) is 1. The molecule has 1 atom stereocenters. The smallest absolute Gasteiger partial charge is 0.253 e. The van der Waals surface area contributed by atoms with Crippen molar-refractivity contribution < 1.29 is 4.79 Å². The van der Waals surface area contributed by atoms with E-state index in [2.05, 4.69) is 27.6 Å². The highest BCUT2D eigenvalue weighted by Gasteiger charge is 2.24. The van der Waals surface area contributed by atoms with Crippen molar-refractivity contribution in [1.82, 2.24) is 15.1 Å². The van der Waals surface area contributed by atoms with Crippen LogP contribution in [-0.2, 0) is 0 Å². The Morgan fingerprint density at radius 3 is 2.96 bits per heavy atom. The quantitative estimate of drug-likeness (QED) is 0.778. The Hall–Kier alpha value is -2.82. The number of nitrogens with zero attached hydrogens (tertiary/aromatic N) is 2. The number of nitrogens with one attached hydrogen (secondary N) is 2. The molecule has 4 rings (SSSR count). The number of aromatic amines is 1. The van der Waals surface area contributed by atoms with Crippen molar-refractivity contribution in [3.8, 4) is 0 Å². The maximum absolute atomic E-state index is 12.8. The van der Waals surface area contributed by atoms with Crippen LogP contribution in [0, 0.1) is 0 Å². The molecule has 2 N–H and O–H groups in total. The minimum Gasteiger partial charge on any atom is -0.381 e. The van der Waals surface area contributed by atoms with Crippen LogP contribution in [0.2, 0.25) is 0 Å². The Morgan fingerprint density at radius 2 is 2.08 bits per heavy atom. The number of rotatable bonds is 3. The fraction of sp³-hybridized carbons (Fsp3) is 0.263. The van der Waals surface area contributed by atoms with E-state index in [-0.39, 0.29) is 5.91 Å². The summed E-state index contributed by atoms with van der Waals surface area (Å²) in [6.45, 7) is 1.55. The second-order valence-electron chi connectivity index (χ2n) is 6.27. The number of benzene rings is 2. The molecular weight excluding hydrogens is 300 g/mol. The molecule has 5 nitrogen and oxygen atoms in total. The highest BCUT2D eigenvalue weighted by Crippen LogP contribution is 2.19. The summed E-state index contributed by atoms with van der Waals surface area (Å²) < 4.78 is 0. The molecule has 1 amide bonds. The Bertz CT molecular complexity index is 843. The lowest BCUT2D eigenvalue weighted by Crippen LogP contribution is -2.45. The minimum atomic E-state index is 0.0951. The van der Waals surface area contributed by atoms with Gasteiger partial charge < -0.3 is 10.2 Å². The summed E-state index contributed by atoms with van der Waals surface area (Å²) in [5.74, 6) is 0.0951. The molecule has 1 fully saturated rings. The Morgan fingerprint density at radius 1 is 1.21 bits per heavy atom. The second kappa shape index (κ2) is 6.35. The van der Waals surface area contributed by atoms with Crippen LogP contribution >= 0.6 is 0 Å². The molecule has 0 aliphatic carbocycles. The van der Waals surface area contributed by atoms with Gasteiger partial charge in [0.25, 0.3) is 5.91 Å². The normalized spacial score (nSPS) is 17.8. The molecule has 0 radical (unpaired) electrons. The van der Waals surface area contributed by atoms with Crippen molar-refractivity contribution in [3.05, 3.63) is 60.3 Å².